The molecule has 2 aromatic heterocycles. The number of carbonyl (C=O) groups excluding carboxylic acids is 3. The zero-order valence-electron chi connectivity index (χ0n) is 28.2. The predicted octanol–water partition coefficient (Wildman–Crippen LogP) is 4.27. The summed E-state index contributed by atoms with van der Waals surface area (Å²) in [6.45, 7) is 12.0. The number of amides is 3. The molecule has 0 spiro atoms. The second kappa shape index (κ2) is 18.1. The summed E-state index contributed by atoms with van der Waals surface area (Å²) in [5.74, 6) is -0.735. The number of nitrogens with one attached hydrogen (secondary N) is 5. The van der Waals surface area contributed by atoms with Crippen molar-refractivity contribution in [1.29, 1.82) is 0 Å². The molecule has 1 saturated carbocycles. The smallest absolute Gasteiger partial charge is 0.253 e. The number of imidazole rings is 2. The molecular formula is C37H51N7O4. The average molecular weight is 658 g/mol. The minimum atomic E-state index is -1.02. The lowest BCUT2D eigenvalue weighted by Crippen LogP contribution is -2.57. The Morgan fingerprint density at radius 2 is 1.60 bits per heavy atom. The molecule has 48 heavy (non-hydrogen) atoms. The van der Waals surface area contributed by atoms with Crippen LogP contribution in [-0.4, -0.2) is 67.0 Å². The summed E-state index contributed by atoms with van der Waals surface area (Å²) in [5.41, 5.74) is 1.88. The van der Waals surface area contributed by atoms with E-state index >= 15 is 0 Å². The van der Waals surface area contributed by atoms with E-state index in [4.69, 9.17) is 0 Å². The molecule has 0 bridgehead atoms. The number of hydrogen-bond acceptors (Lipinski definition) is 6. The molecule has 6 N–H and O–H groups in total. The molecule has 1 aliphatic rings. The van der Waals surface area contributed by atoms with Crippen LogP contribution in [-0.2, 0) is 27.2 Å². The van der Waals surface area contributed by atoms with Crippen molar-refractivity contribution in [2.75, 3.05) is 0 Å². The van der Waals surface area contributed by atoms with Crippen LogP contribution in [0.15, 0.2) is 74.6 Å². The molecule has 0 unspecified atom stereocenters. The fourth-order valence-corrected chi connectivity index (χ4v) is 6.40. The number of aliphatic hydroxyl groups is 1. The van der Waals surface area contributed by atoms with Gasteiger partial charge in [0.05, 0.1) is 41.8 Å². The first-order valence-corrected chi connectivity index (χ1v) is 17.1. The van der Waals surface area contributed by atoms with Gasteiger partial charge in [0.25, 0.3) is 5.91 Å². The number of benzene rings is 1. The first-order valence-electron chi connectivity index (χ1n) is 17.1. The van der Waals surface area contributed by atoms with E-state index < -0.39 is 42.0 Å². The van der Waals surface area contributed by atoms with Gasteiger partial charge in [0.2, 0.25) is 11.8 Å². The molecule has 3 amide bonds. The van der Waals surface area contributed by atoms with Gasteiger partial charge in [-0.1, -0.05) is 88.9 Å². The Bertz CT molecular complexity index is 1450. The normalized spacial score (nSPS) is 16.7. The van der Waals surface area contributed by atoms with Crippen molar-refractivity contribution in [3.8, 4) is 0 Å². The number of aliphatic hydroxyl groups excluding tert-OH is 1. The van der Waals surface area contributed by atoms with E-state index in [9.17, 15) is 19.5 Å². The van der Waals surface area contributed by atoms with Crippen molar-refractivity contribution in [2.24, 2.45) is 17.8 Å². The van der Waals surface area contributed by atoms with Crippen molar-refractivity contribution in [2.45, 2.75) is 95.9 Å². The number of allylic oxidation sites excluding steroid dienone is 1. The number of nitrogens with zero attached hydrogens (tertiary/aromatic N) is 2. The lowest BCUT2D eigenvalue weighted by atomic mass is 9.81. The van der Waals surface area contributed by atoms with Crippen molar-refractivity contribution in [3.63, 3.8) is 0 Å². The van der Waals surface area contributed by atoms with E-state index in [1.165, 1.54) is 19.1 Å². The lowest BCUT2D eigenvalue weighted by Gasteiger charge is -2.33. The quantitative estimate of drug-likeness (QED) is 0.0884. The molecule has 11 heteroatoms. The molecule has 2 heterocycles. The first kappa shape index (κ1) is 36.3. The van der Waals surface area contributed by atoms with Gasteiger partial charge in [-0.15, -0.1) is 6.58 Å². The van der Waals surface area contributed by atoms with Crippen molar-refractivity contribution < 1.29 is 19.5 Å². The maximum absolute atomic E-state index is 14.1. The molecule has 11 nitrogen and oxygen atoms in total. The highest BCUT2D eigenvalue weighted by molar-refractivity contribution is 6.18. The lowest BCUT2D eigenvalue weighted by molar-refractivity contribution is -0.132. The summed E-state index contributed by atoms with van der Waals surface area (Å²) < 4.78 is 0. The molecule has 0 aliphatic heterocycles. The molecule has 1 aromatic carbocycles. The Balaban J connectivity index is 1.55. The van der Waals surface area contributed by atoms with Crippen molar-refractivity contribution in [1.82, 2.24) is 35.9 Å². The van der Waals surface area contributed by atoms with Crippen LogP contribution in [0.2, 0.25) is 0 Å². The SMILES string of the molecule is C=C[C@@H](C[C@H](O)[C@H](CC1CCCCC1)NC(=O)[C@H](Cc1c[nH]cn1)NC(=O)[C@H](Cc1ccccc1)NC(=O)C(=C)c1c[nH]cn1)C(C)C. The van der Waals surface area contributed by atoms with Crippen LogP contribution in [0.4, 0.5) is 0 Å². The molecule has 0 saturated heterocycles. The summed E-state index contributed by atoms with van der Waals surface area (Å²) in [6.07, 6.45) is 14.3. The number of aromatic nitrogens is 4. The third kappa shape index (κ3) is 10.8. The first-order chi connectivity index (χ1) is 23.1. The minimum absolute atomic E-state index is 0.0869. The van der Waals surface area contributed by atoms with Crippen LogP contribution < -0.4 is 16.0 Å². The van der Waals surface area contributed by atoms with Crippen LogP contribution in [0.5, 0.6) is 0 Å². The van der Waals surface area contributed by atoms with Crippen molar-refractivity contribution >= 4 is 23.3 Å². The number of hydrogen-bond donors (Lipinski definition) is 6. The molecule has 258 valence electrons. The van der Waals surface area contributed by atoms with E-state index in [1.807, 2.05) is 36.4 Å². The van der Waals surface area contributed by atoms with E-state index in [1.54, 1.807) is 12.4 Å². The highest BCUT2D eigenvalue weighted by Gasteiger charge is 2.33. The third-order valence-corrected chi connectivity index (χ3v) is 9.36. The van der Waals surface area contributed by atoms with Gasteiger partial charge in [-0.05, 0) is 36.2 Å². The number of aromatic amines is 2. The second-order valence-corrected chi connectivity index (χ2v) is 13.3. The fraction of sp³-hybridized carbons (Fsp3) is 0.486. The van der Waals surface area contributed by atoms with Crippen LogP contribution >= 0.6 is 0 Å². The summed E-state index contributed by atoms with van der Waals surface area (Å²) >= 11 is 0. The second-order valence-electron chi connectivity index (χ2n) is 13.3. The van der Waals surface area contributed by atoms with Gasteiger partial charge in [-0.2, -0.15) is 0 Å². The monoisotopic (exact) mass is 657 g/mol. The minimum Gasteiger partial charge on any atom is -0.391 e. The highest BCUT2D eigenvalue weighted by atomic mass is 16.3. The van der Waals surface area contributed by atoms with Crippen molar-refractivity contribution in [3.05, 3.63) is 91.6 Å². The standard InChI is InChI=1S/C37H51N7O4/c1-5-28(24(2)3)18-34(45)30(16-26-12-8-6-9-13-26)42-37(48)32(19-29-20-38-22-40-29)44-36(47)31(17-27-14-10-7-11-15-27)43-35(46)25(4)33-21-39-23-41-33/h5,7,10-11,14-15,20-24,26,28,30-32,34,45H,1,4,6,8-9,12-13,16-19H2,2-3H3,(H,38,40)(H,39,41)(H,42,48)(H,43,46)(H,44,47)/t28-,30-,31-,32-,34-/m0/s1. The highest BCUT2D eigenvalue weighted by Crippen LogP contribution is 2.30. The molecule has 1 fully saturated rings. The van der Waals surface area contributed by atoms with E-state index in [0.29, 0.717) is 30.1 Å². The zero-order valence-corrected chi connectivity index (χ0v) is 28.2. The van der Waals surface area contributed by atoms with Crippen LogP contribution in [0.25, 0.3) is 5.57 Å². The van der Waals surface area contributed by atoms with E-state index in [-0.39, 0.29) is 30.3 Å². The summed E-state index contributed by atoms with van der Waals surface area (Å²) in [6, 6.07) is 6.78. The van der Waals surface area contributed by atoms with Crippen LogP contribution in [0.3, 0.4) is 0 Å². The van der Waals surface area contributed by atoms with Gasteiger partial charge in [-0.3, -0.25) is 14.4 Å². The van der Waals surface area contributed by atoms with Gasteiger partial charge in [0, 0.05) is 25.2 Å². The summed E-state index contributed by atoms with van der Waals surface area (Å²) in [5, 5.41) is 20.3. The van der Waals surface area contributed by atoms with Gasteiger partial charge < -0.3 is 31.0 Å². The summed E-state index contributed by atoms with van der Waals surface area (Å²) in [4.78, 5) is 55.4. The maximum Gasteiger partial charge on any atom is 0.253 e. The zero-order chi connectivity index (χ0) is 34.5. The Morgan fingerprint density at radius 3 is 2.23 bits per heavy atom. The number of rotatable bonds is 18. The van der Waals surface area contributed by atoms with Gasteiger partial charge >= 0.3 is 0 Å². The third-order valence-electron chi connectivity index (χ3n) is 9.36. The van der Waals surface area contributed by atoms with E-state index in [0.717, 1.165) is 31.2 Å². The molecule has 3 aromatic rings. The molecular weight excluding hydrogens is 606 g/mol. The maximum atomic E-state index is 14.1. The number of carbonyl (C=O) groups is 3. The fourth-order valence-electron chi connectivity index (χ4n) is 6.40. The van der Waals surface area contributed by atoms with Gasteiger partial charge in [0.1, 0.15) is 12.1 Å². The van der Waals surface area contributed by atoms with Gasteiger partial charge in [-0.25, -0.2) is 9.97 Å². The van der Waals surface area contributed by atoms with Gasteiger partial charge in [0.15, 0.2) is 0 Å². The molecule has 1 aliphatic carbocycles. The molecule has 0 radical (unpaired) electrons. The Hall–Kier alpha value is -4.51. The number of H-pyrrole nitrogens is 2. The molecule has 5 atom stereocenters. The topological polar surface area (TPSA) is 165 Å². The van der Waals surface area contributed by atoms with Crippen LogP contribution in [0.1, 0.15) is 75.7 Å². The Kier molecular flexibility index (Phi) is 13.7. The average Bonchev–Trinajstić information content (AvgIpc) is 3.82. The predicted molar refractivity (Wildman–Crippen MR) is 186 cm³/mol. The van der Waals surface area contributed by atoms with E-state index in [2.05, 4.69) is 62.9 Å². The van der Waals surface area contributed by atoms with Crippen LogP contribution in [0, 0.1) is 17.8 Å². The summed E-state index contributed by atoms with van der Waals surface area (Å²) in [7, 11) is 0. The molecule has 4 rings (SSSR count). The largest absolute Gasteiger partial charge is 0.391 e. The Morgan fingerprint density at radius 1 is 0.938 bits per heavy atom. The Labute approximate surface area is 283 Å².